The number of benzene rings is 2. The number of anilines is 1. The van der Waals surface area contributed by atoms with Gasteiger partial charge in [0.25, 0.3) is 5.91 Å². The van der Waals surface area contributed by atoms with E-state index < -0.39 is 0 Å². The fraction of sp³-hybridized carbons (Fsp3) is 0.304. The van der Waals surface area contributed by atoms with Gasteiger partial charge in [0.15, 0.2) is 0 Å². The van der Waals surface area contributed by atoms with Crippen LogP contribution in [0.25, 0.3) is 5.57 Å². The summed E-state index contributed by atoms with van der Waals surface area (Å²) < 4.78 is 5.15. The Balaban J connectivity index is 1.77. The highest BCUT2D eigenvalue weighted by molar-refractivity contribution is 5.95. The highest BCUT2D eigenvalue weighted by atomic mass is 16.5. The number of amides is 1. The molecule has 0 fully saturated rings. The highest BCUT2D eigenvalue weighted by Crippen LogP contribution is 2.38. The molecular weight excluding hydrogens is 350 g/mol. The summed E-state index contributed by atoms with van der Waals surface area (Å²) in [4.78, 5) is 14.6. The maximum Gasteiger partial charge on any atom is 0.271 e. The molecule has 2 aromatic rings. The van der Waals surface area contributed by atoms with Crippen LogP contribution in [0.2, 0.25) is 0 Å². The van der Waals surface area contributed by atoms with Crippen molar-refractivity contribution in [2.45, 2.75) is 33.2 Å². The number of hydrazone groups is 1. The van der Waals surface area contributed by atoms with Crippen LogP contribution in [0.5, 0.6) is 5.75 Å². The third-order valence-corrected chi connectivity index (χ3v) is 5.03. The van der Waals surface area contributed by atoms with Crippen LogP contribution in [0.3, 0.4) is 0 Å². The Morgan fingerprint density at radius 2 is 2.04 bits per heavy atom. The Bertz CT molecular complexity index is 945. The monoisotopic (exact) mass is 377 g/mol. The fourth-order valence-corrected chi connectivity index (χ4v) is 3.75. The second-order valence-electron chi connectivity index (χ2n) is 7.43. The Hall–Kier alpha value is -3.08. The van der Waals surface area contributed by atoms with Crippen LogP contribution in [0.4, 0.5) is 5.69 Å². The van der Waals surface area contributed by atoms with Gasteiger partial charge in [0.2, 0.25) is 0 Å². The molecule has 1 aliphatic rings. The van der Waals surface area contributed by atoms with Gasteiger partial charge in [-0.3, -0.25) is 4.79 Å². The van der Waals surface area contributed by atoms with Crippen molar-refractivity contribution < 1.29 is 9.53 Å². The molecule has 0 saturated carbocycles. The molecule has 28 heavy (non-hydrogen) atoms. The molecule has 0 unspecified atom stereocenters. The quantitative estimate of drug-likeness (QED) is 0.617. The highest BCUT2D eigenvalue weighted by Gasteiger charge is 2.29. The number of hydrogen-bond donors (Lipinski definition) is 1. The van der Waals surface area contributed by atoms with E-state index in [0.29, 0.717) is 11.3 Å². The lowest BCUT2D eigenvalue weighted by Crippen LogP contribution is -2.44. The lowest BCUT2D eigenvalue weighted by molar-refractivity contribution is 0.0955. The van der Waals surface area contributed by atoms with Gasteiger partial charge in [0, 0.05) is 23.4 Å². The molecular formula is C23H27N3O2. The van der Waals surface area contributed by atoms with E-state index in [0.717, 1.165) is 12.1 Å². The van der Waals surface area contributed by atoms with E-state index >= 15 is 0 Å². The Morgan fingerprint density at radius 3 is 2.75 bits per heavy atom. The second kappa shape index (κ2) is 7.89. The maximum atomic E-state index is 12.2. The van der Waals surface area contributed by atoms with E-state index in [1.54, 1.807) is 37.6 Å². The van der Waals surface area contributed by atoms with E-state index in [4.69, 9.17) is 4.74 Å². The van der Waals surface area contributed by atoms with Crippen LogP contribution < -0.4 is 15.1 Å². The number of methoxy groups -OCH3 is 1. The van der Waals surface area contributed by atoms with Gasteiger partial charge in [-0.05, 0) is 69.2 Å². The Morgan fingerprint density at radius 1 is 1.25 bits per heavy atom. The third kappa shape index (κ3) is 3.93. The summed E-state index contributed by atoms with van der Waals surface area (Å²) in [6.07, 6.45) is 3.96. The first-order chi connectivity index (χ1) is 13.4. The van der Waals surface area contributed by atoms with Crippen molar-refractivity contribution in [3.63, 3.8) is 0 Å². The molecule has 0 spiro atoms. The zero-order valence-electron chi connectivity index (χ0n) is 17.1. The topological polar surface area (TPSA) is 53.9 Å². The van der Waals surface area contributed by atoms with Gasteiger partial charge in [-0.15, -0.1) is 0 Å². The lowest BCUT2D eigenvalue weighted by Gasteiger charge is -2.42. The average Bonchev–Trinajstić information content (AvgIpc) is 2.68. The molecule has 146 valence electrons. The molecule has 5 nitrogen and oxygen atoms in total. The zero-order chi connectivity index (χ0) is 20.3. The number of carbonyl (C=O) groups is 1. The van der Waals surface area contributed by atoms with Gasteiger partial charge < -0.3 is 9.64 Å². The number of nitrogens with one attached hydrogen (secondary N) is 1. The number of hydrogen-bond acceptors (Lipinski definition) is 4. The van der Waals surface area contributed by atoms with E-state index in [-0.39, 0.29) is 11.4 Å². The van der Waals surface area contributed by atoms with Gasteiger partial charge in [-0.2, -0.15) is 5.10 Å². The molecule has 0 bridgehead atoms. The summed E-state index contributed by atoms with van der Waals surface area (Å²) in [5, 5.41) is 4.12. The second-order valence-corrected chi connectivity index (χ2v) is 7.43. The number of nitrogens with zero attached hydrogens (tertiary/aromatic N) is 2. The SMILES string of the molecule is CCN1c2ccc(/C=N\NC(=O)c3cccc(OC)c3)cc2C(C)=CC1(C)C. The number of likely N-dealkylation sites (N-methyl/N-ethyl adjacent to an activating group) is 1. The molecule has 0 atom stereocenters. The standard InChI is InChI=1S/C23H27N3O2/c1-6-26-21-11-10-17(12-20(21)16(2)14-23(26,3)4)15-24-25-22(27)18-8-7-9-19(13-18)28-5/h7-15H,6H2,1-5H3,(H,25,27)/b24-15-. The summed E-state index contributed by atoms with van der Waals surface area (Å²) in [7, 11) is 1.57. The van der Waals surface area contributed by atoms with Crippen molar-refractivity contribution >= 4 is 23.4 Å². The van der Waals surface area contributed by atoms with Crippen LogP contribution in [-0.2, 0) is 0 Å². The molecule has 1 amide bonds. The summed E-state index contributed by atoms with van der Waals surface area (Å²) in [5.74, 6) is 0.361. The average molecular weight is 377 g/mol. The molecule has 0 aromatic heterocycles. The lowest BCUT2D eigenvalue weighted by atomic mass is 9.88. The first kappa shape index (κ1) is 19.7. The van der Waals surface area contributed by atoms with Crippen molar-refractivity contribution in [2.24, 2.45) is 5.10 Å². The molecule has 0 saturated heterocycles. The molecule has 1 aliphatic heterocycles. The number of fused-ring (bicyclic) bond motifs is 1. The fourth-order valence-electron chi connectivity index (χ4n) is 3.75. The summed E-state index contributed by atoms with van der Waals surface area (Å²) in [5.41, 5.74) is 7.68. The predicted molar refractivity (Wildman–Crippen MR) is 115 cm³/mol. The van der Waals surface area contributed by atoms with Gasteiger partial charge in [-0.1, -0.05) is 18.2 Å². The van der Waals surface area contributed by atoms with E-state index in [1.165, 1.54) is 16.8 Å². The molecule has 1 N–H and O–H groups in total. The maximum absolute atomic E-state index is 12.2. The van der Waals surface area contributed by atoms with Gasteiger partial charge in [0.05, 0.1) is 18.9 Å². The summed E-state index contributed by atoms with van der Waals surface area (Å²) in [6, 6.07) is 13.2. The minimum absolute atomic E-state index is 0.00778. The number of carbonyl (C=O) groups excluding carboxylic acids is 1. The van der Waals surface area contributed by atoms with Crippen molar-refractivity contribution in [3.05, 3.63) is 65.2 Å². The Labute approximate surface area is 166 Å². The van der Waals surface area contributed by atoms with Crippen LogP contribution in [-0.4, -0.2) is 31.3 Å². The predicted octanol–water partition coefficient (Wildman–Crippen LogP) is 4.48. The largest absolute Gasteiger partial charge is 0.497 e. The summed E-state index contributed by atoms with van der Waals surface area (Å²) in [6.45, 7) is 9.70. The van der Waals surface area contributed by atoms with Crippen LogP contribution in [0, 0.1) is 0 Å². The van der Waals surface area contributed by atoms with Crippen molar-refractivity contribution in [1.29, 1.82) is 0 Å². The minimum atomic E-state index is -0.275. The van der Waals surface area contributed by atoms with Crippen LogP contribution >= 0.6 is 0 Å². The van der Waals surface area contributed by atoms with E-state index in [9.17, 15) is 4.79 Å². The van der Waals surface area contributed by atoms with Gasteiger partial charge in [-0.25, -0.2) is 5.43 Å². The Kier molecular flexibility index (Phi) is 5.54. The first-order valence-corrected chi connectivity index (χ1v) is 9.44. The van der Waals surface area contributed by atoms with Crippen molar-refractivity contribution in [3.8, 4) is 5.75 Å². The molecule has 5 heteroatoms. The molecule has 3 rings (SSSR count). The zero-order valence-corrected chi connectivity index (χ0v) is 17.1. The summed E-state index contributed by atoms with van der Waals surface area (Å²) >= 11 is 0. The molecule has 0 aliphatic carbocycles. The van der Waals surface area contributed by atoms with Gasteiger partial charge >= 0.3 is 0 Å². The minimum Gasteiger partial charge on any atom is -0.497 e. The first-order valence-electron chi connectivity index (χ1n) is 9.44. The number of ether oxygens (including phenoxy) is 1. The normalized spacial score (nSPS) is 15.2. The molecule has 2 aromatic carbocycles. The van der Waals surface area contributed by atoms with Crippen LogP contribution in [0.1, 0.15) is 49.2 Å². The smallest absolute Gasteiger partial charge is 0.271 e. The number of rotatable bonds is 5. The van der Waals surface area contributed by atoms with Crippen LogP contribution in [0.15, 0.2) is 53.6 Å². The molecule has 0 radical (unpaired) electrons. The van der Waals surface area contributed by atoms with E-state index in [1.807, 2.05) is 6.07 Å². The molecule has 1 heterocycles. The third-order valence-electron chi connectivity index (χ3n) is 5.03. The van der Waals surface area contributed by atoms with E-state index in [2.05, 4.69) is 61.3 Å². The van der Waals surface area contributed by atoms with Gasteiger partial charge in [0.1, 0.15) is 5.75 Å². The number of allylic oxidation sites excluding steroid dienone is 1. The van der Waals surface area contributed by atoms with Crippen molar-refractivity contribution in [2.75, 3.05) is 18.6 Å². The van der Waals surface area contributed by atoms with Crippen molar-refractivity contribution in [1.82, 2.24) is 5.43 Å².